The number of ether oxygens (including phenoxy) is 1. The standard InChI is InChI=1S/C4H5Br2NO2/c5-3-4(8)7(6)1-2-9-3/h3H,1-2H2. The van der Waals surface area contributed by atoms with Crippen LogP contribution >= 0.6 is 32.1 Å². The maximum absolute atomic E-state index is 10.8. The van der Waals surface area contributed by atoms with Crippen LogP contribution in [0.4, 0.5) is 0 Å². The number of halogens is 2. The van der Waals surface area contributed by atoms with E-state index in [2.05, 4.69) is 32.1 Å². The fraction of sp³-hybridized carbons (Fsp3) is 0.750. The van der Waals surface area contributed by atoms with Gasteiger partial charge in [0.2, 0.25) is 0 Å². The van der Waals surface area contributed by atoms with E-state index < -0.39 is 5.01 Å². The number of alkyl halides is 1. The summed E-state index contributed by atoms with van der Waals surface area (Å²) >= 11 is 6.12. The molecule has 1 amide bonds. The number of rotatable bonds is 0. The third-order valence-electron chi connectivity index (χ3n) is 0.985. The van der Waals surface area contributed by atoms with E-state index >= 15 is 0 Å². The molecule has 9 heavy (non-hydrogen) atoms. The van der Waals surface area contributed by atoms with Crippen molar-refractivity contribution in [3.8, 4) is 0 Å². The van der Waals surface area contributed by atoms with Gasteiger partial charge >= 0.3 is 0 Å². The minimum atomic E-state index is -0.467. The Balaban J connectivity index is 2.52. The van der Waals surface area contributed by atoms with Crippen LogP contribution in [0, 0.1) is 0 Å². The van der Waals surface area contributed by atoms with Crippen LogP contribution < -0.4 is 0 Å². The minimum absolute atomic E-state index is 0.0822. The van der Waals surface area contributed by atoms with E-state index in [-0.39, 0.29) is 5.91 Å². The van der Waals surface area contributed by atoms with Crippen LogP contribution in [0.25, 0.3) is 0 Å². The summed E-state index contributed by atoms with van der Waals surface area (Å²) in [5.74, 6) is -0.0822. The Labute approximate surface area is 69.8 Å². The number of amides is 1. The monoisotopic (exact) mass is 257 g/mol. The highest BCUT2D eigenvalue weighted by atomic mass is 79.9. The second kappa shape index (κ2) is 2.98. The molecule has 1 atom stereocenters. The summed E-state index contributed by atoms with van der Waals surface area (Å²) in [6.45, 7) is 1.19. The SMILES string of the molecule is O=C1C(Br)OCCN1Br. The first-order valence-corrected chi connectivity index (χ1v) is 4.07. The van der Waals surface area contributed by atoms with Crippen molar-refractivity contribution >= 4 is 38.0 Å². The maximum atomic E-state index is 10.8. The zero-order valence-electron chi connectivity index (χ0n) is 4.51. The molecule has 1 heterocycles. The highest BCUT2D eigenvalue weighted by molar-refractivity contribution is 9.10. The molecule has 0 aromatic carbocycles. The van der Waals surface area contributed by atoms with E-state index in [1.165, 1.54) is 3.93 Å². The highest BCUT2D eigenvalue weighted by Gasteiger charge is 2.25. The van der Waals surface area contributed by atoms with Gasteiger partial charge in [-0.05, 0) is 15.9 Å². The summed E-state index contributed by atoms with van der Waals surface area (Å²) in [7, 11) is 0. The summed E-state index contributed by atoms with van der Waals surface area (Å²) in [6, 6.07) is 0. The number of carbonyl (C=O) groups is 1. The van der Waals surface area contributed by atoms with Gasteiger partial charge in [-0.1, -0.05) is 0 Å². The molecule has 0 bridgehead atoms. The summed E-state index contributed by atoms with van der Waals surface area (Å²) in [5.41, 5.74) is 0. The molecule has 1 aliphatic rings. The Kier molecular flexibility index (Phi) is 2.49. The van der Waals surface area contributed by atoms with Crippen LogP contribution in [-0.2, 0) is 9.53 Å². The van der Waals surface area contributed by atoms with Gasteiger partial charge < -0.3 is 4.74 Å². The molecule has 0 aromatic heterocycles. The van der Waals surface area contributed by atoms with Gasteiger partial charge in [0.05, 0.1) is 29.3 Å². The predicted octanol–water partition coefficient (Wildman–Crippen LogP) is 0.876. The Hall–Kier alpha value is 0.390. The average Bonchev–Trinajstić information content (AvgIpc) is 1.83. The summed E-state index contributed by atoms with van der Waals surface area (Å²) < 4.78 is 6.41. The van der Waals surface area contributed by atoms with Gasteiger partial charge in [0.25, 0.3) is 5.91 Å². The van der Waals surface area contributed by atoms with Crippen molar-refractivity contribution in [1.29, 1.82) is 0 Å². The summed E-state index contributed by atoms with van der Waals surface area (Å²) in [6.07, 6.45) is 0. The van der Waals surface area contributed by atoms with Gasteiger partial charge in [0, 0.05) is 0 Å². The first kappa shape index (κ1) is 7.50. The van der Waals surface area contributed by atoms with E-state index in [9.17, 15) is 4.79 Å². The van der Waals surface area contributed by atoms with Crippen molar-refractivity contribution in [2.45, 2.75) is 5.01 Å². The lowest BCUT2D eigenvalue weighted by Gasteiger charge is -2.23. The van der Waals surface area contributed by atoms with Crippen LogP contribution in [0.5, 0.6) is 0 Å². The van der Waals surface area contributed by atoms with E-state index in [1.54, 1.807) is 0 Å². The molecule has 0 spiro atoms. The lowest BCUT2D eigenvalue weighted by molar-refractivity contribution is -0.137. The van der Waals surface area contributed by atoms with Crippen molar-refractivity contribution in [3.63, 3.8) is 0 Å². The Morgan fingerprint density at radius 1 is 1.78 bits per heavy atom. The minimum Gasteiger partial charge on any atom is -0.355 e. The van der Waals surface area contributed by atoms with Crippen molar-refractivity contribution in [1.82, 2.24) is 3.93 Å². The van der Waals surface area contributed by atoms with E-state index in [0.29, 0.717) is 13.2 Å². The van der Waals surface area contributed by atoms with Gasteiger partial charge in [-0.3, -0.25) is 8.72 Å². The largest absolute Gasteiger partial charge is 0.355 e. The number of hydrogen-bond acceptors (Lipinski definition) is 2. The van der Waals surface area contributed by atoms with Crippen LogP contribution in [0.1, 0.15) is 0 Å². The Morgan fingerprint density at radius 2 is 2.44 bits per heavy atom. The molecule has 1 rings (SSSR count). The van der Waals surface area contributed by atoms with E-state index in [1.807, 2.05) is 0 Å². The Morgan fingerprint density at radius 3 is 2.89 bits per heavy atom. The lowest BCUT2D eigenvalue weighted by Crippen LogP contribution is -2.39. The fourth-order valence-corrected chi connectivity index (χ4v) is 1.57. The number of hydrogen-bond donors (Lipinski definition) is 0. The van der Waals surface area contributed by atoms with Gasteiger partial charge in [-0.25, -0.2) is 0 Å². The molecule has 0 N–H and O–H groups in total. The zero-order valence-corrected chi connectivity index (χ0v) is 7.68. The fourth-order valence-electron chi connectivity index (χ4n) is 0.528. The van der Waals surface area contributed by atoms with Crippen molar-refractivity contribution < 1.29 is 9.53 Å². The molecule has 3 nitrogen and oxygen atoms in total. The predicted molar refractivity (Wildman–Crippen MR) is 39.3 cm³/mol. The molecule has 1 unspecified atom stereocenters. The third-order valence-corrected chi connectivity index (χ3v) is 2.35. The molecule has 1 aliphatic heterocycles. The van der Waals surface area contributed by atoms with Gasteiger partial charge in [0.1, 0.15) is 0 Å². The number of carbonyl (C=O) groups excluding carboxylic acids is 1. The number of morpholine rings is 1. The molecular weight excluding hydrogens is 254 g/mol. The van der Waals surface area contributed by atoms with Gasteiger partial charge in [0.15, 0.2) is 5.01 Å². The van der Waals surface area contributed by atoms with Crippen molar-refractivity contribution in [3.05, 3.63) is 0 Å². The van der Waals surface area contributed by atoms with Gasteiger partial charge in [-0.2, -0.15) is 0 Å². The average molecular weight is 259 g/mol. The van der Waals surface area contributed by atoms with Crippen LogP contribution in [-0.4, -0.2) is 28.0 Å². The quantitative estimate of drug-likeness (QED) is 0.477. The first-order chi connectivity index (χ1) is 4.22. The van der Waals surface area contributed by atoms with Crippen molar-refractivity contribution in [2.75, 3.05) is 13.2 Å². The molecule has 1 fully saturated rings. The third kappa shape index (κ3) is 1.65. The van der Waals surface area contributed by atoms with Crippen LogP contribution in [0.3, 0.4) is 0 Å². The molecule has 1 saturated heterocycles. The molecule has 0 radical (unpaired) electrons. The normalized spacial score (nSPS) is 28.9. The van der Waals surface area contributed by atoms with Crippen LogP contribution in [0.2, 0.25) is 0 Å². The second-order valence-electron chi connectivity index (χ2n) is 1.61. The molecular formula is C4H5Br2NO2. The van der Waals surface area contributed by atoms with Crippen LogP contribution in [0.15, 0.2) is 0 Å². The van der Waals surface area contributed by atoms with E-state index in [4.69, 9.17) is 4.74 Å². The molecule has 5 heteroatoms. The number of nitrogens with zero attached hydrogens (tertiary/aromatic N) is 1. The highest BCUT2D eigenvalue weighted by Crippen LogP contribution is 2.14. The lowest BCUT2D eigenvalue weighted by atomic mass is 10.5. The summed E-state index contributed by atoms with van der Waals surface area (Å²) in [5, 5.41) is -0.467. The summed E-state index contributed by atoms with van der Waals surface area (Å²) in [4.78, 5) is 10.8. The molecule has 0 aromatic rings. The zero-order chi connectivity index (χ0) is 6.85. The van der Waals surface area contributed by atoms with Gasteiger partial charge in [-0.15, -0.1) is 0 Å². The maximum Gasteiger partial charge on any atom is 0.272 e. The molecule has 52 valence electrons. The Bertz CT molecular complexity index is 118. The topological polar surface area (TPSA) is 29.5 Å². The second-order valence-corrected chi connectivity index (χ2v) is 3.30. The van der Waals surface area contributed by atoms with Crippen molar-refractivity contribution in [2.24, 2.45) is 0 Å². The molecule has 0 saturated carbocycles. The smallest absolute Gasteiger partial charge is 0.272 e. The first-order valence-electron chi connectivity index (χ1n) is 2.44. The van der Waals surface area contributed by atoms with E-state index in [0.717, 1.165) is 0 Å². The molecule has 0 aliphatic carbocycles.